The van der Waals surface area contributed by atoms with Crippen LogP contribution < -0.4 is 5.56 Å². The summed E-state index contributed by atoms with van der Waals surface area (Å²) in [4.78, 5) is 34.2. The highest BCUT2D eigenvalue weighted by Crippen LogP contribution is 2.33. The van der Waals surface area contributed by atoms with Crippen LogP contribution in [0.4, 0.5) is 0 Å². The van der Waals surface area contributed by atoms with Gasteiger partial charge in [-0.3, -0.25) is 4.79 Å². The van der Waals surface area contributed by atoms with Crippen LogP contribution >= 0.6 is 11.3 Å². The van der Waals surface area contributed by atoms with E-state index in [9.17, 15) is 9.59 Å². The number of nitrogens with zero attached hydrogens (tertiary/aromatic N) is 1. The number of fused-ring (bicyclic) bond motifs is 3. The van der Waals surface area contributed by atoms with Crippen molar-refractivity contribution in [1.29, 1.82) is 0 Å². The Morgan fingerprint density at radius 3 is 2.88 bits per heavy atom. The van der Waals surface area contributed by atoms with Gasteiger partial charge in [-0.2, -0.15) is 0 Å². The van der Waals surface area contributed by atoms with Gasteiger partial charge in [-0.05, 0) is 56.7 Å². The number of benzene rings is 1. The number of aryl methyl sites for hydroxylation is 4. The summed E-state index contributed by atoms with van der Waals surface area (Å²) in [5, 5.41) is 0.717. The molecule has 0 fully saturated rings. The maximum atomic E-state index is 12.5. The van der Waals surface area contributed by atoms with Crippen LogP contribution in [-0.4, -0.2) is 15.9 Å². The van der Waals surface area contributed by atoms with E-state index in [1.54, 1.807) is 17.4 Å². The van der Waals surface area contributed by atoms with Crippen molar-refractivity contribution in [2.45, 2.75) is 46.1 Å². The second kappa shape index (κ2) is 6.68. The summed E-state index contributed by atoms with van der Waals surface area (Å²) in [6.45, 7) is 3.82. The Morgan fingerprint density at radius 2 is 2.08 bits per heavy atom. The number of H-pyrrole nitrogens is 1. The SMILES string of the molecule is Cc1ccc(C(=O)OCc2nc3sc4c(c3c(=O)[nH]2)CCCC4)c(C)c1. The summed E-state index contributed by atoms with van der Waals surface area (Å²) in [6.07, 6.45) is 4.25. The lowest BCUT2D eigenvalue weighted by Crippen LogP contribution is -2.15. The van der Waals surface area contributed by atoms with Crippen molar-refractivity contribution >= 4 is 27.5 Å². The van der Waals surface area contributed by atoms with Crippen molar-refractivity contribution in [1.82, 2.24) is 9.97 Å². The van der Waals surface area contributed by atoms with E-state index in [4.69, 9.17) is 4.74 Å². The molecule has 5 nitrogen and oxygen atoms in total. The number of ether oxygens (including phenoxy) is 1. The van der Waals surface area contributed by atoms with Gasteiger partial charge in [0.15, 0.2) is 0 Å². The van der Waals surface area contributed by atoms with E-state index in [2.05, 4.69) is 9.97 Å². The molecule has 0 bridgehead atoms. The third-order valence-corrected chi connectivity index (χ3v) is 6.00. The Bertz CT molecular complexity index is 1060. The average molecular weight is 368 g/mol. The Labute approximate surface area is 155 Å². The summed E-state index contributed by atoms with van der Waals surface area (Å²) >= 11 is 1.59. The normalized spacial score (nSPS) is 13.6. The minimum atomic E-state index is -0.407. The Balaban J connectivity index is 1.58. The lowest BCUT2D eigenvalue weighted by molar-refractivity contribution is 0.0461. The predicted octanol–water partition coefficient (Wildman–Crippen LogP) is 3.84. The third-order valence-electron chi connectivity index (χ3n) is 4.82. The van der Waals surface area contributed by atoms with E-state index in [1.165, 1.54) is 4.88 Å². The van der Waals surface area contributed by atoms with Gasteiger partial charge in [0.1, 0.15) is 17.3 Å². The number of aromatic amines is 1. The molecule has 0 spiro atoms. The molecule has 1 aliphatic carbocycles. The fourth-order valence-electron chi connectivity index (χ4n) is 3.53. The van der Waals surface area contributed by atoms with Gasteiger partial charge >= 0.3 is 5.97 Å². The van der Waals surface area contributed by atoms with Gasteiger partial charge in [0.05, 0.1) is 10.9 Å². The van der Waals surface area contributed by atoms with Crippen LogP contribution in [0.15, 0.2) is 23.0 Å². The number of esters is 1. The molecule has 4 rings (SSSR count). The second-order valence-corrected chi connectivity index (χ2v) is 7.88. The smallest absolute Gasteiger partial charge is 0.338 e. The van der Waals surface area contributed by atoms with Crippen molar-refractivity contribution in [3.05, 3.63) is 61.5 Å². The van der Waals surface area contributed by atoms with E-state index in [-0.39, 0.29) is 12.2 Å². The molecule has 2 heterocycles. The van der Waals surface area contributed by atoms with Crippen molar-refractivity contribution in [3.8, 4) is 0 Å². The fourth-order valence-corrected chi connectivity index (χ4v) is 4.81. The predicted molar refractivity (Wildman–Crippen MR) is 102 cm³/mol. The van der Waals surface area contributed by atoms with Gasteiger partial charge in [0, 0.05) is 4.88 Å². The third kappa shape index (κ3) is 3.05. The monoisotopic (exact) mass is 368 g/mol. The first kappa shape index (κ1) is 17.0. The van der Waals surface area contributed by atoms with Crippen molar-refractivity contribution in [3.63, 3.8) is 0 Å². The molecule has 0 amide bonds. The minimum Gasteiger partial charge on any atom is -0.454 e. The first-order chi connectivity index (χ1) is 12.5. The van der Waals surface area contributed by atoms with Gasteiger partial charge in [-0.15, -0.1) is 11.3 Å². The highest BCUT2D eigenvalue weighted by molar-refractivity contribution is 7.18. The summed E-state index contributed by atoms with van der Waals surface area (Å²) in [7, 11) is 0. The first-order valence-electron chi connectivity index (χ1n) is 8.81. The van der Waals surface area contributed by atoms with Gasteiger partial charge in [-0.1, -0.05) is 17.7 Å². The zero-order valence-electron chi connectivity index (χ0n) is 14.8. The number of carbonyl (C=O) groups is 1. The van der Waals surface area contributed by atoms with Crippen molar-refractivity contribution in [2.24, 2.45) is 0 Å². The van der Waals surface area contributed by atoms with E-state index in [1.807, 2.05) is 26.0 Å². The molecule has 0 atom stereocenters. The van der Waals surface area contributed by atoms with Crippen LogP contribution in [0.3, 0.4) is 0 Å². The molecule has 26 heavy (non-hydrogen) atoms. The number of carbonyl (C=O) groups excluding carboxylic acids is 1. The highest BCUT2D eigenvalue weighted by Gasteiger charge is 2.20. The number of hydrogen-bond acceptors (Lipinski definition) is 5. The zero-order valence-corrected chi connectivity index (χ0v) is 15.7. The largest absolute Gasteiger partial charge is 0.454 e. The van der Waals surface area contributed by atoms with Gasteiger partial charge in [0.25, 0.3) is 5.56 Å². The van der Waals surface area contributed by atoms with Crippen LogP contribution in [0.1, 0.15) is 50.6 Å². The summed E-state index contributed by atoms with van der Waals surface area (Å²) in [5.41, 5.74) is 3.52. The van der Waals surface area contributed by atoms with E-state index < -0.39 is 5.97 Å². The van der Waals surface area contributed by atoms with Gasteiger partial charge < -0.3 is 9.72 Å². The van der Waals surface area contributed by atoms with Crippen molar-refractivity contribution in [2.75, 3.05) is 0 Å². The van der Waals surface area contributed by atoms with Crippen LogP contribution in [0, 0.1) is 13.8 Å². The molecule has 0 unspecified atom stereocenters. The molecule has 3 aromatic rings. The van der Waals surface area contributed by atoms with Gasteiger partial charge in [0.2, 0.25) is 0 Å². The lowest BCUT2D eigenvalue weighted by Gasteiger charge is -2.09. The zero-order chi connectivity index (χ0) is 18.3. The van der Waals surface area contributed by atoms with E-state index in [0.717, 1.165) is 47.2 Å². The van der Waals surface area contributed by atoms with Crippen molar-refractivity contribution < 1.29 is 9.53 Å². The molecule has 0 saturated heterocycles. The average Bonchev–Trinajstić information content (AvgIpc) is 2.98. The second-order valence-electron chi connectivity index (χ2n) is 6.80. The van der Waals surface area contributed by atoms with Gasteiger partial charge in [-0.25, -0.2) is 9.78 Å². The van der Waals surface area contributed by atoms with E-state index in [0.29, 0.717) is 16.8 Å². The fraction of sp³-hybridized carbons (Fsp3) is 0.350. The quantitative estimate of drug-likeness (QED) is 0.713. The standard InChI is InChI=1S/C20H20N2O3S/c1-11-7-8-13(12(2)9-11)20(24)25-10-16-21-18(23)17-14-5-3-4-6-15(14)26-19(17)22-16/h7-9H,3-6,10H2,1-2H3,(H,21,22,23). The maximum Gasteiger partial charge on any atom is 0.338 e. The number of nitrogens with one attached hydrogen (secondary N) is 1. The molecule has 0 radical (unpaired) electrons. The topological polar surface area (TPSA) is 72.0 Å². The molecule has 1 aliphatic rings. The Hall–Kier alpha value is -2.47. The summed E-state index contributed by atoms with van der Waals surface area (Å²) in [6, 6.07) is 5.59. The Kier molecular flexibility index (Phi) is 4.36. The highest BCUT2D eigenvalue weighted by atomic mass is 32.1. The maximum absolute atomic E-state index is 12.5. The van der Waals surface area contributed by atoms with Crippen LogP contribution in [0.5, 0.6) is 0 Å². The molecular weight excluding hydrogens is 348 g/mol. The molecule has 1 N–H and O–H groups in total. The molecule has 0 aliphatic heterocycles. The molecule has 2 aromatic heterocycles. The summed E-state index contributed by atoms with van der Waals surface area (Å²) < 4.78 is 5.37. The van der Waals surface area contributed by atoms with Crippen LogP contribution in [0.2, 0.25) is 0 Å². The van der Waals surface area contributed by atoms with Crippen LogP contribution in [-0.2, 0) is 24.2 Å². The number of hydrogen-bond donors (Lipinski definition) is 1. The Morgan fingerprint density at radius 1 is 1.27 bits per heavy atom. The molecule has 134 valence electrons. The van der Waals surface area contributed by atoms with E-state index >= 15 is 0 Å². The lowest BCUT2D eigenvalue weighted by atomic mass is 9.97. The number of thiophene rings is 1. The number of aromatic nitrogens is 2. The molecular formula is C20H20N2O3S. The molecule has 6 heteroatoms. The number of rotatable bonds is 3. The molecule has 1 aromatic carbocycles. The summed E-state index contributed by atoms with van der Waals surface area (Å²) in [5.74, 6) is -0.0186. The van der Waals surface area contributed by atoms with Crippen LogP contribution in [0.25, 0.3) is 10.2 Å². The minimum absolute atomic E-state index is 0.0418. The first-order valence-corrected chi connectivity index (χ1v) is 9.62. The molecule has 0 saturated carbocycles.